The monoisotopic (exact) mass is 590 g/mol. The Hall–Kier alpha value is -2.19. The maximum atomic E-state index is 13.3. The molecule has 3 rings (SSSR count). The van der Waals surface area contributed by atoms with Crippen LogP contribution in [-0.2, 0) is 26.7 Å². The second kappa shape index (κ2) is 8.87. The quantitative estimate of drug-likeness (QED) is 0.506. The first-order chi connectivity index (χ1) is 15.2. The number of aromatic nitrogens is 2. The zero-order valence-corrected chi connectivity index (χ0v) is 21.8. The average Bonchev–Trinajstić information content (AvgIpc) is 3.03. The molecule has 2 amide bonds. The van der Waals surface area contributed by atoms with E-state index in [0.29, 0.717) is 0 Å². The summed E-state index contributed by atoms with van der Waals surface area (Å²) in [5, 5.41) is 14.8. The molecule has 0 saturated heterocycles. The molecule has 0 fully saturated rings. The van der Waals surface area contributed by atoms with Crippen LogP contribution in [0.25, 0.3) is 0 Å². The normalized spacial score (nSPS) is 18.7. The van der Waals surface area contributed by atoms with Crippen LogP contribution < -0.4 is 5.73 Å². The van der Waals surface area contributed by atoms with E-state index in [2.05, 4.69) is 5.10 Å². The van der Waals surface area contributed by atoms with Crippen LogP contribution in [0.2, 0.25) is 0 Å². The Morgan fingerprint density at radius 3 is 2.39 bits per heavy atom. The number of sulfone groups is 1. The van der Waals surface area contributed by atoms with Crippen molar-refractivity contribution in [3.8, 4) is 0 Å². The summed E-state index contributed by atoms with van der Waals surface area (Å²) in [5.41, 5.74) is 4.43. The van der Waals surface area contributed by atoms with Gasteiger partial charge in [0, 0.05) is 0 Å². The summed E-state index contributed by atoms with van der Waals surface area (Å²) in [4.78, 5) is 26.4. The van der Waals surface area contributed by atoms with Gasteiger partial charge in [0.2, 0.25) is 0 Å². The number of rotatable bonds is 5. The molecule has 2 aromatic rings. The van der Waals surface area contributed by atoms with Crippen molar-refractivity contribution < 1.29 is 27.9 Å². The lowest BCUT2D eigenvalue weighted by atomic mass is 9.98. The van der Waals surface area contributed by atoms with Crippen molar-refractivity contribution in [1.29, 1.82) is 0 Å². The maximum Gasteiger partial charge on any atom is 0.410 e. The molecule has 10 nitrogen and oxygen atoms in total. The molecule has 1 aliphatic heterocycles. The van der Waals surface area contributed by atoms with Crippen LogP contribution in [0, 0.1) is 10.6 Å². The van der Waals surface area contributed by atoms with Crippen LogP contribution >= 0.6 is 22.6 Å². The first kappa shape index (κ1) is 25.4. The molecule has 12 heteroatoms. The second-order valence-corrected chi connectivity index (χ2v) is 12.2. The van der Waals surface area contributed by atoms with Crippen LogP contribution in [-0.4, -0.2) is 64.7 Å². The number of halogens is 1. The molecule has 1 atom stereocenters. The van der Waals surface area contributed by atoms with E-state index in [-0.39, 0.29) is 32.9 Å². The molecule has 0 aliphatic carbocycles. The van der Waals surface area contributed by atoms with Gasteiger partial charge in [0.1, 0.15) is 14.8 Å². The molecule has 0 spiro atoms. The standard InChI is InChI=1S/C21H27IN4O6S/c1-13-5-7-14(8-6-13)33(30,31)12-21(11-27)10-25(19(29)32-20(2,3)4)9-15-16(18(23)28)17(22)24-26(15)21/h5-8,27H,9-12H2,1-4H3,(H2,23,28). The fourth-order valence-electron chi connectivity index (χ4n) is 3.77. The van der Waals surface area contributed by atoms with Gasteiger partial charge in [0.05, 0.1) is 41.6 Å². The van der Waals surface area contributed by atoms with Gasteiger partial charge in [-0.15, -0.1) is 0 Å². The first-order valence-corrected chi connectivity index (χ1v) is 12.9. The Bertz CT molecular complexity index is 1190. The lowest BCUT2D eigenvalue weighted by molar-refractivity contribution is -0.00119. The van der Waals surface area contributed by atoms with Gasteiger partial charge in [0.15, 0.2) is 9.84 Å². The van der Waals surface area contributed by atoms with Gasteiger partial charge >= 0.3 is 6.09 Å². The summed E-state index contributed by atoms with van der Waals surface area (Å²) in [5.74, 6) is -1.32. The van der Waals surface area contributed by atoms with Crippen LogP contribution in [0.3, 0.4) is 0 Å². The van der Waals surface area contributed by atoms with E-state index in [1.807, 2.05) is 29.5 Å². The highest BCUT2D eigenvalue weighted by Gasteiger charge is 2.48. The number of hydrogen-bond acceptors (Lipinski definition) is 7. The van der Waals surface area contributed by atoms with Crippen molar-refractivity contribution >= 4 is 44.4 Å². The van der Waals surface area contributed by atoms with E-state index in [1.54, 1.807) is 32.9 Å². The summed E-state index contributed by atoms with van der Waals surface area (Å²) in [6.07, 6.45) is -0.703. The lowest BCUT2D eigenvalue weighted by Crippen LogP contribution is -2.58. The Kier molecular flexibility index (Phi) is 6.84. The van der Waals surface area contributed by atoms with Crippen LogP contribution in [0.4, 0.5) is 4.79 Å². The molecule has 0 saturated carbocycles. The summed E-state index contributed by atoms with van der Waals surface area (Å²) in [7, 11) is -3.92. The summed E-state index contributed by atoms with van der Waals surface area (Å²) < 4.78 is 33.7. The van der Waals surface area contributed by atoms with E-state index in [0.717, 1.165) is 5.56 Å². The number of benzene rings is 1. The van der Waals surface area contributed by atoms with Crippen molar-refractivity contribution in [2.24, 2.45) is 5.73 Å². The molecule has 3 N–H and O–H groups in total. The molecular weight excluding hydrogens is 563 g/mol. The highest BCUT2D eigenvalue weighted by Crippen LogP contribution is 2.34. The predicted molar refractivity (Wildman–Crippen MR) is 128 cm³/mol. The average molecular weight is 590 g/mol. The summed E-state index contributed by atoms with van der Waals surface area (Å²) in [6, 6.07) is 6.35. The molecule has 1 aliphatic rings. The molecule has 1 unspecified atom stereocenters. The Balaban J connectivity index is 2.14. The van der Waals surface area contributed by atoms with Crippen molar-refractivity contribution in [3.63, 3.8) is 0 Å². The van der Waals surface area contributed by atoms with E-state index in [4.69, 9.17) is 10.5 Å². The van der Waals surface area contributed by atoms with Gasteiger partial charge in [-0.1, -0.05) is 17.7 Å². The lowest BCUT2D eigenvalue weighted by Gasteiger charge is -2.42. The number of primary amides is 1. The summed E-state index contributed by atoms with van der Waals surface area (Å²) >= 11 is 1.83. The fourth-order valence-corrected chi connectivity index (χ4v) is 6.29. The van der Waals surface area contributed by atoms with Gasteiger partial charge in [-0.2, -0.15) is 5.10 Å². The third-order valence-electron chi connectivity index (χ3n) is 5.24. The highest BCUT2D eigenvalue weighted by molar-refractivity contribution is 14.1. The van der Waals surface area contributed by atoms with E-state index < -0.39 is 45.3 Å². The summed E-state index contributed by atoms with van der Waals surface area (Å²) in [6.45, 7) is 6.05. The van der Waals surface area contributed by atoms with Crippen molar-refractivity contribution in [3.05, 3.63) is 44.8 Å². The maximum absolute atomic E-state index is 13.3. The predicted octanol–water partition coefficient (Wildman–Crippen LogP) is 1.81. The van der Waals surface area contributed by atoms with E-state index in [1.165, 1.54) is 21.7 Å². The molecule has 1 aromatic carbocycles. The number of aliphatic hydroxyl groups excluding tert-OH is 1. The molecule has 1 aromatic heterocycles. The number of fused-ring (bicyclic) bond motifs is 1. The Morgan fingerprint density at radius 1 is 1.27 bits per heavy atom. The largest absolute Gasteiger partial charge is 0.444 e. The number of carbonyl (C=O) groups excluding carboxylic acids is 2. The van der Waals surface area contributed by atoms with Crippen molar-refractivity contribution in [2.45, 2.75) is 50.3 Å². The number of amides is 2. The van der Waals surface area contributed by atoms with Gasteiger partial charge in [0.25, 0.3) is 5.91 Å². The Morgan fingerprint density at radius 2 is 1.88 bits per heavy atom. The minimum atomic E-state index is -3.92. The van der Waals surface area contributed by atoms with E-state index in [9.17, 15) is 23.1 Å². The Labute approximate surface area is 206 Å². The third kappa shape index (κ3) is 5.17. The molecule has 2 heterocycles. The number of nitrogens with two attached hydrogens (primary N) is 1. The number of hydrogen-bond donors (Lipinski definition) is 2. The number of aryl methyl sites for hydroxylation is 1. The van der Waals surface area contributed by atoms with Crippen LogP contribution in [0.15, 0.2) is 29.2 Å². The highest BCUT2D eigenvalue weighted by atomic mass is 127. The van der Waals surface area contributed by atoms with Gasteiger partial charge in [-0.25, -0.2) is 13.2 Å². The number of aliphatic hydroxyl groups is 1. The van der Waals surface area contributed by atoms with Gasteiger partial charge in [-0.05, 0) is 62.4 Å². The molecule has 0 bridgehead atoms. The third-order valence-corrected chi connectivity index (χ3v) is 7.91. The fraction of sp³-hybridized carbons (Fsp3) is 0.476. The van der Waals surface area contributed by atoms with Crippen LogP contribution in [0.5, 0.6) is 0 Å². The van der Waals surface area contributed by atoms with Gasteiger partial charge < -0.3 is 15.6 Å². The SMILES string of the molecule is Cc1ccc(S(=O)(=O)CC2(CO)CN(C(=O)OC(C)(C)C)Cc3c(C(N)=O)c(I)nn32)cc1. The minimum Gasteiger partial charge on any atom is -0.444 e. The number of carbonyl (C=O) groups is 2. The molecule has 0 radical (unpaired) electrons. The molecule has 33 heavy (non-hydrogen) atoms. The molecule has 180 valence electrons. The topological polar surface area (TPSA) is 145 Å². The minimum absolute atomic E-state index is 0.0739. The van der Waals surface area contributed by atoms with Crippen LogP contribution in [0.1, 0.15) is 42.4 Å². The zero-order valence-electron chi connectivity index (χ0n) is 18.8. The number of nitrogens with zero attached hydrogens (tertiary/aromatic N) is 3. The first-order valence-electron chi connectivity index (χ1n) is 10.1. The number of ether oxygens (including phenoxy) is 1. The van der Waals surface area contributed by atoms with Crippen molar-refractivity contribution in [2.75, 3.05) is 18.9 Å². The van der Waals surface area contributed by atoms with Crippen molar-refractivity contribution in [1.82, 2.24) is 14.7 Å². The van der Waals surface area contributed by atoms with E-state index >= 15 is 0 Å². The van der Waals surface area contributed by atoms with Gasteiger partial charge in [-0.3, -0.25) is 14.4 Å². The zero-order chi connectivity index (χ0) is 24.8. The smallest absolute Gasteiger partial charge is 0.410 e. The second-order valence-electron chi connectivity index (χ2n) is 9.18. The molecular formula is C21H27IN4O6S.